The van der Waals surface area contributed by atoms with Crippen LogP contribution in [0.3, 0.4) is 0 Å². The molecule has 1 aromatic carbocycles. The molecule has 122 valence electrons. The van der Waals surface area contributed by atoms with Crippen LogP contribution in [0.5, 0.6) is 11.5 Å². The van der Waals surface area contributed by atoms with Crippen LogP contribution in [0, 0.1) is 0 Å². The van der Waals surface area contributed by atoms with Crippen molar-refractivity contribution in [3.8, 4) is 11.5 Å². The minimum Gasteiger partial charge on any atom is -0.493 e. The number of ether oxygens (including phenoxy) is 2. The number of nitrogens with one attached hydrogen (secondary N) is 1. The van der Waals surface area contributed by atoms with E-state index in [4.69, 9.17) is 9.47 Å². The molecule has 0 saturated heterocycles. The molecule has 23 heavy (non-hydrogen) atoms. The molecule has 0 bridgehead atoms. The van der Waals surface area contributed by atoms with Gasteiger partial charge in [-0.15, -0.1) is 16.8 Å². The first-order valence-corrected chi connectivity index (χ1v) is 8.54. The predicted octanol–water partition coefficient (Wildman–Crippen LogP) is 3.01. The van der Waals surface area contributed by atoms with Crippen LogP contribution in [0.25, 0.3) is 0 Å². The average molecular weight is 351 g/mol. The largest absolute Gasteiger partial charge is 0.493 e. The molecule has 2 rings (SSSR count). The van der Waals surface area contributed by atoms with E-state index in [1.54, 1.807) is 32.4 Å². The highest BCUT2D eigenvalue weighted by Crippen LogP contribution is 2.28. The number of thioether (sulfide) groups is 1. The quantitative estimate of drug-likeness (QED) is 0.448. The molecule has 0 fully saturated rings. The Bertz CT molecular complexity index is 688. The van der Waals surface area contributed by atoms with Gasteiger partial charge in [-0.1, -0.05) is 35.2 Å². The summed E-state index contributed by atoms with van der Waals surface area (Å²) < 4.78 is 11.2. The first kappa shape index (κ1) is 17.3. The number of benzene rings is 1. The van der Waals surface area contributed by atoms with Crippen molar-refractivity contribution in [2.75, 3.05) is 25.3 Å². The van der Waals surface area contributed by atoms with Crippen LogP contribution in [0.15, 0.2) is 35.2 Å². The number of methoxy groups -OCH3 is 2. The molecule has 0 spiro atoms. The van der Waals surface area contributed by atoms with Crippen LogP contribution in [0.2, 0.25) is 0 Å². The first-order chi connectivity index (χ1) is 11.2. The lowest BCUT2D eigenvalue weighted by molar-refractivity contribution is -0.115. The molecule has 0 saturated carbocycles. The van der Waals surface area contributed by atoms with Crippen LogP contribution in [-0.2, 0) is 11.2 Å². The second-order valence-corrected chi connectivity index (χ2v) is 6.63. The van der Waals surface area contributed by atoms with Crippen molar-refractivity contribution in [3.05, 3.63) is 36.4 Å². The van der Waals surface area contributed by atoms with Gasteiger partial charge in [0.25, 0.3) is 0 Å². The van der Waals surface area contributed by atoms with Gasteiger partial charge in [-0.25, -0.2) is 0 Å². The van der Waals surface area contributed by atoms with Gasteiger partial charge in [0.05, 0.1) is 20.6 Å². The summed E-state index contributed by atoms with van der Waals surface area (Å²) in [7, 11) is 3.13. The molecule has 1 amide bonds. The molecule has 0 radical (unpaired) electrons. The van der Waals surface area contributed by atoms with Gasteiger partial charge < -0.3 is 14.8 Å². The molecular formula is C15H17N3O3S2. The summed E-state index contributed by atoms with van der Waals surface area (Å²) in [5.41, 5.74) is 0.825. The first-order valence-electron chi connectivity index (χ1n) is 6.74. The van der Waals surface area contributed by atoms with Crippen molar-refractivity contribution in [3.63, 3.8) is 0 Å². The Morgan fingerprint density at radius 3 is 2.83 bits per heavy atom. The van der Waals surface area contributed by atoms with Crippen LogP contribution in [0.4, 0.5) is 5.13 Å². The zero-order valence-corrected chi connectivity index (χ0v) is 14.5. The fourth-order valence-corrected chi connectivity index (χ4v) is 3.32. The highest BCUT2D eigenvalue weighted by Gasteiger charge is 2.11. The number of rotatable bonds is 8. The summed E-state index contributed by atoms with van der Waals surface area (Å²) in [5.74, 6) is 1.82. The molecule has 6 nitrogen and oxygen atoms in total. The van der Waals surface area contributed by atoms with Crippen LogP contribution in [-0.4, -0.2) is 36.1 Å². The van der Waals surface area contributed by atoms with Gasteiger partial charge in [0.15, 0.2) is 15.8 Å². The molecule has 1 N–H and O–H groups in total. The molecule has 1 aromatic heterocycles. The number of hydrogen-bond donors (Lipinski definition) is 1. The Hall–Kier alpha value is -2.06. The fraction of sp³-hybridized carbons (Fsp3) is 0.267. The lowest BCUT2D eigenvalue weighted by atomic mass is 10.1. The number of carbonyl (C=O) groups excluding carboxylic acids is 1. The second-order valence-electron chi connectivity index (χ2n) is 4.39. The monoisotopic (exact) mass is 351 g/mol. The Morgan fingerprint density at radius 2 is 2.13 bits per heavy atom. The predicted molar refractivity (Wildman–Crippen MR) is 92.7 cm³/mol. The lowest BCUT2D eigenvalue weighted by Gasteiger charge is -2.09. The number of anilines is 1. The highest BCUT2D eigenvalue weighted by molar-refractivity contribution is 8.01. The van der Waals surface area contributed by atoms with E-state index in [0.717, 1.165) is 15.7 Å². The lowest BCUT2D eigenvalue weighted by Crippen LogP contribution is -2.14. The number of nitrogens with zero attached hydrogens (tertiary/aromatic N) is 2. The smallest absolute Gasteiger partial charge is 0.230 e. The van der Waals surface area contributed by atoms with Crippen LogP contribution < -0.4 is 14.8 Å². The van der Waals surface area contributed by atoms with Gasteiger partial charge in [0.1, 0.15) is 0 Å². The molecule has 0 aliphatic heterocycles. The van der Waals surface area contributed by atoms with Gasteiger partial charge in [-0.2, -0.15) is 0 Å². The Balaban J connectivity index is 1.96. The highest BCUT2D eigenvalue weighted by atomic mass is 32.2. The third-order valence-electron chi connectivity index (χ3n) is 2.79. The maximum Gasteiger partial charge on any atom is 0.230 e. The zero-order chi connectivity index (χ0) is 16.7. The summed E-state index contributed by atoms with van der Waals surface area (Å²) in [6.07, 6.45) is 2.01. The molecule has 0 unspecified atom stereocenters. The Kier molecular flexibility index (Phi) is 6.42. The summed E-state index contributed by atoms with van der Waals surface area (Å²) in [6.45, 7) is 3.65. The fourth-order valence-electron chi connectivity index (χ4n) is 1.79. The standard InChI is InChI=1S/C15H17N3O3S2/c1-4-7-22-15-18-17-14(23-15)16-13(19)9-10-5-6-11(20-2)12(8-10)21-3/h4-6,8H,1,7,9H2,2-3H3,(H,16,17,19). The van der Waals surface area contributed by atoms with Crippen molar-refractivity contribution in [1.82, 2.24) is 10.2 Å². The number of hydrogen-bond acceptors (Lipinski definition) is 7. The number of carbonyl (C=O) groups is 1. The number of aromatic nitrogens is 2. The van der Waals surface area contributed by atoms with Crippen molar-refractivity contribution < 1.29 is 14.3 Å². The minimum atomic E-state index is -0.159. The van der Waals surface area contributed by atoms with Crippen molar-refractivity contribution in [2.24, 2.45) is 0 Å². The maximum atomic E-state index is 12.1. The van der Waals surface area contributed by atoms with Gasteiger partial charge in [0, 0.05) is 5.75 Å². The van der Waals surface area contributed by atoms with E-state index < -0.39 is 0 Å². The van der Waals surface area contributed by atoms with Gasteiger partial charge >= 0.3 is 0 Å². The second kappa shape index (κ2) is 8.54. The van der Waals surface area contributed by atoms with E-state index in [2.05, 4.69) is 22.1 Å². The Morgan fingerprint density at radius 1 is 1.35 bits per heavy atom. The van der Waals surface area contributed by atoms with Crippen molar-refractivity contribution >= 4 is 34.1 Å². The van der Waals surface area contributed by atoms with Crippen molar-refractivity contribution in [2.45, 2.75) is 10.8 Å². The molecule has 1 heterocycles. The summed E-state index contributed by atoms with van der Waals surface area (Å²) in [6, 6.07) is 5.38. The van der Waals surface area contributed by atoms with E-state index in [-0.39, 0.29) is 12.3 Å². The van der Waals surface area contributed by atoms with Crippen LogP contribution >= 0.6 is 23.1 Å². The van der Waals surface area contributed by atoms with E-state index in [1.807, 2.05) is 6.07 Å². The summed E-state index contributed by atoms with van der Waals surface area (Å²) >= 11 is 2.87. The third-order valence-corrected chi connectivity index (χ3v) is 4.76. The van der Waals surface area contributed by atoms with Crippen molar-refractivity contribution in [1.29, 1.82) is 0 Å². The maximum absolute atomic E-state index is 12.1. The molecule has 0 aliphatic rings. The topological polar surface area (TPSA) is 73.3 Å². The normalized spacial score (nSPS) is 10.2. The van der Waals surface area contributed by atoms with Gasteiger partial charge in [-0.3, -0.25) is 4.79 Å². The Labute approximate surface area is 142 Å². The SMILES string of the molecule is C=CCSc1nnc(NC(=O)Cc2ccc(OC)c(OC)c2)s1. The zero-order valence-electron chi connectivity index (χ0n) is 12.9. The molecular weight excluding hydrogens is 334 g/mol. The third kappa shape index (κ3) is 4.97. The average Bonchev–Trinajstić information content (AvgIpc) is 2.99. The minimum absolute atomic E-state index is 0.159. The van der Waals surface area contributed by atoms with E-state index >= 15 is 0 Å². The summed E-state index contributed by atoms with van der Waals surface area (Å²) in [5, 5.41) is 11.2. The van der Waals surface area contributed by atoms with Crippen LogP contribution in [0.1, 0.15) is 5.56 Å². The van der Waals surface area contributed by atoms with E-state index in [9.17, 15) is 4.79 Å². The molecule has 8 heteroatoms. The number of amides is 1. The molecule has 0 atom stereocenters. The molecule has 2 aromatic rings. The molecule has 0 aliphatic carbocycles. The van der Waals surface area contributed by atoms with Gasteiger partial charge in [-0.05, 0) is 17.7 Å². The van der Waals surface area contributed by atoms with E-state index in [1.165, 1.54) is 23.1 Å². The van der Waals surface area contributed by atoms with Gasteiger partial charge in [0.2, 0.25) is 11.0 Å². The van der Waals surface area contributed by atoms with E-state index in [0.29, 0.717) is 16.6 Å². The summed E-state index contributed by atoms with van der Waals surface area (Å²) in [4.78, 5) is 12.1.